The van der Waals surface area contributed by atoms with Crippen molar-refractivity contribution in [2.45, 2.75) is 56.3 Å². The van der Waals surface area contributed by atoms with Crippen LogP contribution >= 0.6 is 11.8 Å². The van der Waals surface area contributed by atoms with Crippen LogP contribution < -0.4 is 5.73 Å². The number of rotatable bonds is 5. The van der Waals surface area contributed by atoms with Gasteiger partial charge in [0.05, 0.1) is 11.7 Å². The largest absolute Gasteiger partial charge is 0.480 e. The molecule has 0 radical (unpaired) electrons. The van der Waals surface area contributed by atoms with Gasteiger partial charge in [0.25, 0.3) is 0 Å². The average molecular weight is 259 g/mol. The summed E-state index contributed by atoms with van der Waals surface area (Å²) in [4.78, 5) is 10.6. The Balaban J connectivity index is 1.66. The molecule has 1 spiro atoms. The molecular formula is C12H21NO3S. The Hall–Kier alpha value is -0.260. The molecule has 1 aliphatic heterocycles. The topological polar surface area (TPSA) is 72.5 Å². The molecule has 2 unspecified atom stereocenters. The molecule has 0 bridgehead atoms. The first kappa shape index (κ1) is 13.2. The summed E-state index contributed by atoms with van der Waals surface area (Å²) in [6.07, 6.45) is 7.62. The predicted molar refractivity (Wildman–Crippen MR) is 68.2 cm³/mol. The van der Waals surface area contributed by atoms with Gasteiger partial charge in [0.2, 0.25) is 0 Å². The quantitative estimate of drug-likeness (QED) is 0.785. The average Bonchev–Trinajstić information content (AvgIpc) is 2.90. The molecule has 4 nitrogen and oxygen atoms in total. The summed E-state index contributed by atoms with van der Waals surface area (Å²) in [5.74, 6) is 0.433. The number of carbonyl (C=O) groups is 1. The van der Waals surface area contributed by atoms with Crippen molar-refractivity contribution >= 4 is 17.7 Å². The second-order valence-corrected chi connectivity index (χ2v) is 6.23. The van der Waals surface area contributed by atoms with E-state index >= 15 is 0 Å². The molecular weight excluding hydrogens is 238 g/mol. The zero-order valence-corrected chi connectivity index (χ0v) is 10.9. The van der Waals surface area contributed by atoms with Gasteiger partial charge in [0.15, 0.2) is 0 Å². The van der Waals surface area contributed by atoms with Gasteiger partial charge in [-0.2, -0.15) is 11.8 Å². The van der Waals surface area contributed by atoms with Gasteiger partial charge in [-0.3, -0.25) is 4.79 Å². The first-order chi connectivity index (χ1) is 8.11. The Morgan fingerprint density at radius 1 is 1.47 bits per heavy atom. The second-order valence-electron chi connectivity index (χ2n) is 5.15. The number of carboxylic acids is 1. The molecule has 0 aromatic heterocycles. The lowest BCUT2D eigenvalue weighted by Crippen LogP contribution is -2.33. The summed E-state index contributed by atoms with van der Waals surface area (Å²) in [5.41, 5.74) is 5.64. The van der Waals surface area contributed by atoms with Crippen molar-refractivity contribution in [2.24, 2.45) is 5.73 Å². The van der Waals surface area contributed by atoms with Gasteiger partial charge < -0.3 is 15.6 Å². The number of hydrogen-bond donors (Lipinski definition) is 2. The Morgan fingerprint density at radius 3 is 2.82 bits per heavy atom. The fourth-order valence-corrected chi connectivity index (χ4v) is 3.83. The van der Waals surface area contributed by atoms with Crippen molar-refractivity contribution in [3.63, 3.8) is 0 Å². The molecule has 0 aromatic carbocycles. The molecule has 1 aliphatic carbocycles. The van der Waals surface area contributed by atoms with Crippen molar-refractivity contribution in [1.82, 2.24) is 0 Å². The van der Waals surface area contributed by atoms with Gasteiger partial charge in [-0.25, -0.2) is 0 Å². The predicted octanol–water partition coefficient (Wildman–Crippen LogP) is 1.62. The Morgan fingerprint density at radius 2 is 2.18 bits per heavy atom. The van der Waals surface area contributed by atoms with Crippen LogP contribution in [-0.4, -0.2) is 40.3 Å². The summed E-state index contributed by atoms with van der Waals surface area (Å²) < 4.78 is 6.14. The van der Waals surface area contributed by atoms with Crippen LogP contribution in [0.3, 0.4) is 0 Å². The second kappa shape index (κ2) is 5.59. The number of hydrogen-bond acceptors (Lipinski definition) is 4. The highest BCUT2D eigenvalue weighted by molar-refractivity contribution is 7.99. The number of thioether (sulfide) groups is 1. The van der Waals surface area contributed by atoms with E-state index in [4.69, 9.17) is 15.6 Å². The van der Waals surface area contributed by atoms with E-state index in [2.05, 4.69) is 0 Å². The van der Waals surface area contributed by atoms with Crippen LogP contribution in [0.1, 0.15) is 38.5 Å². The van der Waals surface area contributed by atoms with Crippen molar-refractivity contribution in [1.29, 1.82) is 0 Å². The molecule has 1 heterocycles. The Labute approximate surface area is 106 Å². The number of carboxylic acid groups (broad SMARTS) is 1. The smallest absolute Gasteiger partial charge is 0.321 e. The molecule has 2 atom stereocenters. The fourth-order valence-electron chi connectivity index (χ4n) is 2.80. The molecule has 2 fully saturated rings. The van der Waals surface area contributed by atoms with Crippen molar-refractivity contribution < 1.29 is 14.6 Å². The maximum atomic E-state index is 10.6. The minimum Gasteiger partial charge on any atom is -0.480 e. The van der Waals surface area contributed by atoms with Crippen LogP contribution in [0.25, 0.3) is 0 Å². The first-order valence-corrected chi connectivity index (χ1v) is 7.51. The third kappa shape index (κ3) is 3.36. The van der Waals surface area contributed by atoms with Crippen LogP contribution in [0.4, 0.5) is 0 Å². The normalized spacial score (nSPS) is 28.6. The molecule has 0 aromatic rings. The van der Waals surface area contributed by atoms with Gasteiger partial charge in [-0.1, -0.05) is 12.8 Å². The van der Waals surface area contributed by atoms with Crippen molar-refractivity contribution in [3.05, 3.63) is 0 Å². The van der Waals surface area contributed by atoms with Gasteiger partial charge in [0, 0.05) is 11.5 Å². The molecule has 3 N–H and O–H groups in total. The third-order valence-corrected chi connectivity index (χ3v) is 4.97. The summed E-state index contributed by atoms with van der Waals surface area (Å²) in [5, 5.41) is 8.67. The number of nitrogens with two attached hydrogens (primary N) is 1. The Kier molecular flexibility index (Phi) is 4.33. The van der Waals surface area contributed by atoms with Gasteiger partial charge in [0.1, 0.15) is 6.04 Å². The molecule has 17 heavy (non-hydrogen) atoms. The van der Waals surface area contributed by atoms with Crippen LogP contribution in [-0.2, 0) is 9.53 Å². The molecule has 1 saturated heterocycles. The summed E-state index contributed by atoms with van der Waals surface area (Å²) >= 11 is 1.60. The van der Waals surface area contributed by atoms with Crippen LogP contribution in [0, 0.1) is 0 Å². The first-order valence-electron chi connectivity index (χ1n) is 6.35. The van der Waals surface area contributed by atoms with Crippen LogP contribution in [0.5, 0.6) is 0 Å². The number of aliphatic carboxylic acids is 1. The van der Waals surface area contributed by atoms with Crippen molar-refractivity contribution in [2.75, 3.05) is 11.5 Å². The van der Waals surface area contributed by atoms with Crippen LogP contribution in [0.15, 0.2) is 0 Å². The van der Waals surface area contributed by atoms with E-state index in [1.807, 2.05) is 0 Å². The molecule has 0 amide bonds. The highest BCUT2D eigenvalue weighted by Crippen LogP contribution is 2.43. The summed E-state index contributed by atoms with van der Waals surface area (Å²) in [7, 11) is 0. The fraction of sp³-hybridized carbons (Fsp3) is 0.917. The van der Waals surface area contributed by atoms with E-state index in [0.29, 0.717) is 11.9 Å². The molecule has 98 valence electrons. The monoisotopic (exact) mass is 259 g/mol. The zero-order chi connectivity index (χ0) is 12.3. The van der Waals surface area contributed by atoms with E-state index in [1.54, 1.807) is 11.8 Å². The van der Waals surface area contributed by atoms with Gasteiger partial charge in [-0.05, 0) is 25.7 Å². The molecule has 2 aliphatic rings. The Bertz CT molecular complexity index is 279. The van der Waals surface area contributed by atoms with E-state index in [1.165, 1.54) is 32.1 Å². The summed E-state index contributed by atoms with van der Waals surface area (Å²) in [6.45, 7) is 0. The molecule has 5 heteroatoms. The van der Waals surface area contributed by atoms with Gasteiger partial charge in [-0.15, -0.1) is 0 Å². The molecule has 1 saturated carbocycles. The molecule has 2 rings (SSSR count). The SMILES string of the molecule is NC(CSCC1CCC2(CCCC2)O1)C(=O)O. The van der Waals surface area contributed by atoms with Crippen LogP contribution in [0.2, 0.25) is 0 Å². The highest BCUT2D eigenvalue weighted by atomic mass is 32.2. The standard InChI is InChI=1S/C12H21NO3S/c13-10(11(14)15)8-17-7-9-3-6-12(16-9)4-1-2-5-12/h9-10H,1-8,13H2,(H,14,15). The lowest BCUT2D eigenvalue weighted by molar-refractivity contribution is -0.137. The van der Waals surface area contributed by atoms with Gasteiger partial charge >= 0.3 is 5.97 Å². The minimum atomic E-state index is -0.919. The van der Waals surface area contributed by atoms with Crippen molar-refractivity contribution in [3.8, 4) is 0 Å². The lowest BCUT2D eigenvalue weighted by Gasteiger charge is -2.23. The lowest BCUT2D eigenvalue weighted by atomic mass is 9.98. The summed E-state index contributed by atoms with van der Waals surface area (Å²) in [6, 6.07) is -0.748. The maximum absolute atomic E-state index is 10.6. The highest BCUT2D eigenvalue weighted by Gasteiger charge is 2.41. The maximum Gasteiger partial charge on any atom is 0.321 e. The van der Waals surface area contributed by atoms with E-state index < -0.39 is 12.0 Å². The van der Waals surface area contributed by atoms with E-state index in [0.717, 1.165) is 12.2 Å². The third-order valence-electron chi connectivity index (χ3n) is 3.77. The van der Waals surface area contributed by atoms with E-state index in [-0.39, 0.29) is 5.60 Å². The van der Waals surface area contributed by atoms with E-state index in [9.17, 15) is 4.79 Å². The number of ether oxygens (including phenoxy) is 1. The zero-order valence-electron chi connectivity index (χ0n) is 10.1. The minimum absolute atomic E-state index is 0.181.